The molecule has 0 radical (unpaired) electrons. The van der Waals surface area contributed by atoms with E-state index in [4.69, 9.17) is 21.1 Å². The molecular formula is C19H16ClNO4S. The van der Waals surface area contributed by atoms with Crippen molar-refractivity contribution in [2.75, 3.05) is 20.3 Å². The Bertz CT molecular complexity index is 851. The van der Waals surface area contributed by atoms with Crippen molar-refractivity contribution in [3.05, 3.63) is 64.0 Å². The molecule has 3 rings (SSSR count). The summed E-state index contributed by atoms with van der Waals surface area (Å²) in [5, 5.41) is 0.315. The lowest BCUT2D eigenvalue weighted by Crippen LogP contribution is -2.32. The van der Waals surface area contributed by atoms with Gasteiger partial charge in [0.15, 0.2) is 0 Å². The van der Waals surface area contributed by atoms with Crippen molar-refractivity contribution >= 4 is 40.6 Å². The number of ether oxygens (including phenoxy) is 2. The Morgan fingerprint density at radius 2 is 1.88 bits per heavy atom. The minimum absolute atomic E-state index is 0.183. The number of imide groups is 1. The molecule has 0 unspecified atom stereocenters. The maximum Gasteiger partial charge on any atom is 0.293 e. The molecule has 0 atom stereocenters. The fourth-order valence-electron chi connectivity index (χ4n) is 2.36. The van der Waals surface area contributed by atoms with Gasteiger partial charge in [-0.25, -0.2) is 0 Å². The topological polar surface area (TPSA) is 55.8 Å². The van der Waals surface area contributed by atoms with Gasteiger partial charge in [-0.3, -0.25) is 14.5 Å². The fraction of sp³-hybridized carbons (Fsp3) is 0.158. The Balaban J connectivity index is 1.62. The normalized spacial score (nSPS) is 15.6. The van der Waals surface area contributed by atoms with E-state index >= 15 is 0 Å². The molecule has 1 heterocycles. The molecule has 0 aromatic heterocycles. The summed E-state index contributed by atoms with van der Waals surface area (Å²) >= 11 is 6.74. The monoisotopic (exact) mass is 389 g/mol. The molecule has 1 fully saturated rings. The van der Waals surface area contributed by atoms with Crippen LogP contribution in [0.3, 0.4) is 0 Å². The maximum atomic E-state index is 12.5. The van der Waals surface area contributed by atoms with Gasteiger partial charge >= 0.3 is 0 Å². The van der Waals surface area contributed by atoms with Gasteiger partial charge in [0, 0.05) is 5.02 Å². The average Bonchev–Trinajstić information content (AvgIpc) is 2.91. The molecule has 0 aliphatic carbocycles. The average molecular weight is 390 g/mol. The van der Waals surface area contributed by atoms with Crippen LogP contribution in [0.4, 0.5) is 4.79 Å². The molecule has 0 saturated carbocycles. The summed E-state index contributed by atoms with van der Waals surface area (Å²) in [6.07, 6.45) is 1.69. The van der Waals surface area contributed by atoms with Crippen molar-refractivity contribution in [3.63, 3.8) is 0 Å². The minimum atomic E-state index is -0.317. The van der Waals surface area contributed by atoms with Gasteiger partial charge in [0.2, 0.25) is 0 Å². The largest absolute Gasteiger partial charge is 0.497 e. The SMILES string of the molecule is COc1cccc(/C=C2\SC(=O)N(CCOc3ccc(Cl)cc3)C2=O)c1. The van der Waals surface area contributed by atoms with Crippen LogP contribution in [-0.2, 0) is 4.79 Å². The zero-order valence-corrected chi connectivity index (χ0v) is 15.5. The van der Waals surface area contributed by atoms with Crippen LogP contribution in [-0.4, -0.2) is 36.3 Å². The highest BCUT2D eigenvalue weighted by atomic mass is 35.5. The summed E-state index contributed by atoms with van der Waals surface area (Å²) in [6.45, 7) is 0.398. The van der Waals surface area contributed by atoms with E-state index in [0.717, 1.165) is 17.3 Å². The van der Waals surface area contributed by atoms with Crippen LogP contribution in [0.5, 0.6) is 11.5 Å². The van der Waals surface area contributed by atoms with Gasteiger partial charge in [-0.2, -0.15) is 0 Å². The van der Waals surface area contributed by atoms with Crippen molar-refractivity contribution in [1.82, 2.24) is 4.90 Å². The van der Waals surface area contributed by atoms with Gasteiger partial charge < -0.3 is 9.47 Å². The third kappa shape index (κ3) is 4.39. The van der Waals surface area contributed by atoms with E-state index in [0.29, 0.717) is 21.4 Å². The van der Waals surface area contributed by atoms with Gasteiger partial charge in [0.25, 0.3) is 11.1 Å². The lowest BCUT2D eigenvalue weighted by atomic mass is 10.2. The summed E-state index contributed by atoms with van der Waals surface area (Å²) in [5.74, 6) is 1.00. The van der Waals surface area contributed by atoms with Crippen molar-refractivity contribution in [3.8, 4) is 11.5 Å². The predicted molar refractivity (Wildman–Crippen MR) is 103 cm³/mol. The molecule has 134 valence electrons. The van der Waals surface area contributed by atoms with Gasteiger partial charge in [-0.15, -0.1) is 0 Å². The molecule has 1 saturated heterocycles. The first-order chi connectivity index (χ1) is 12.6. The van der Waals surface area contributed by atoms with E-state index in [2.05, 4.69) is 0 Å². The minimum Gasteiger partial charge on any atom is -0.497 e. The second-order valence-electron chi connectivity index (χ2n) is 5.41. The van der Waals surface area contributed by atoms with Gasteiger partial charge in [-0.1, -0.05) is 23.7 Å². The fourth-order valence-corrected chi connectivity index (χ4v) is 3.35. The summed E-state index contributed by atoms with van der Waals surface area (Å²) in [7, 11) is 1.58. The molecule has 0 bridgehead atoms. The first-order valence-corrected chi connectivity index (χ1v) is 9.04. The van der Waals surface area contributed by atoms with Crippen molar-refractivity contribution in [2.24, 2.45) is 0 Å². The lowest BCUT2D eigenvalue weighted by molar-refractivity contribution is -0.123. The number of rotatable bonds is 6. The number of amides is 2. The molecule has 1 aliphatic rings. The maximum absolute atomic E-state index is 12.5. The summed E-state index contributed by atoms with van der Waals surface area (Å²) < 4.78 is 10.7. The molecule has 7 heteroatoms. The Kier molecular flexibility index (Phi) is 5.85. The second kappa shape index (κ2) is 8.29. The molecule has 2 aromatic carbocycles. The Hall–Kier alpha value is -2.44. The highest BCUT2D eigenvalue weighted by Crippen LogP contribution is 2.32. The van der Waals surface area contributed by atoms with E-state index in [1.807, 2.05) is 18.2 Å². The van der Waals surface area contributed by atoms with Crippen LogP contribution in [0.1, 0.15) is 5.56 Å². The lowest BCUT2D eigenvalue weighted by Gasteiger charge is -2.13. The van der Waals surface area contributed by atoms with Crippen LogP contribution in [0.25, 0.3) is 6.08 Å². The van der Waals surface area contributed by atoms with E-state index < -0.39 is 0 Å². The molecule has 0 spiro atoms. The number of thioether (sulfide) groups is 1. The first kappa shape index (κ1) is 18.4. The summed E-state index contributed by atoms with van der Waals surface area (Å²) in [6, 6.07) is 14.2. The van der Waals surface area contributed by atoms with Crippen molar-refractivity contribution < 1.29 is 19.1 Å². The van der Waals surface area contributed by atoms with E-state index in [1.165, 1.54) is 4.90 Å². The Labute approximate surface area is 160 Å². The second-order valence-corrected chi connectivity index (χ2v) is 6.84. The molecule has 2 amide bonds. The highest BCUT2D eigenvalue weighted by molar-refractivity contribution is 8.18. The number of benzene rings is 2. The van der Waals surface area contributed by atoms with Crippen LogP contribution in [0.15, 0.2) is 53.4 Å². The van der Waals surface area contributed by atoms with E-state index in [-0.39, 0.29) is 24.3 Å². The van der Waals surface area contributed by atoms with Crippen LogP contribution >= 0.6 is 23.4 Å². The number of hydrogen-bond acceptors (Lipinski definition) is 5. The standard InChI is InChI=1S/C19H16ClNO4S/c1-24-16-4-2-3-13(11-16)12-17-18(22)21(19(23)26-17)9-10-25-15-7-5-14(20)6-8-15/h2-8,11-12H,9-10H2,1H3/b17-12-. The Morgan fingerprint density at radius 3 is 2.62 bits per heavy atom. The van der Waals surface area contributed by atoms with Crippen molar-refractivity contribution in [1.29, 1.82) is 0 Å². The van der Waals surface area contributed by atoms with Crippen LogP contribution in [0.2, 0.25) is 5.02 Å². The zero-order chi connectivity index (χ0) is 18.5. The summed E-state index contributed by atoms with van der Waals surface area (Å²) in [5.41, 5.74) is 0.798. The number of halogens is 1. The quantitative estimate of drug-likeness (QED) is 0.682. The number of hydrogen-bond donors (Lipinski definition) is 0. The van der Waals surface area contributed by atoms with Crippen molar-refractivity contribution in [2.45, 2.75) is 0 Å². The molecular weight excluding hydrogens is 374 g/mol. The molecule has 1 aliphatic heterocycles. The first-order valence-electron chi connectivity index (χ1n) is 7.84. The van der Waals surface area contributed by atoms with Crippen LogP contribution < -0.4 is 9.47 Å². The molecule has 0 N–H and O–H groups in total. The predicted octanol–water partition coefficient (Wildman–Crippen LogP) is 4.46. The number of nitrogens with zero attached hydrogens (tertiary/aromatic N) is 1. The molecule has 2 aromatic rings. The third-order valence-electron chi connectivity index (χ3n) is 3.66. The van der Waals surface area contributed by atoms with Gasteiger partial charge in [-0.05, 0) is 59.8 Å². The summed E-state index contributed by atoms with van der Waals surface area (Å²) in [4.78, 5) is 26.2. The Morgan fingerprint density at radius 1 is 1.12 bits per heavy atom. The van der Waals surface area contributed by atoms with Gasteiger partial charge in [0.05, 0.1) is 18.6 Å². The smallest absolute Gasteiger partial charge is 0.293 e. The van der Waals surface area contributed by atoms with Crippen LogP contribution in [0, 0.1) is 0 Å². The van der Waals surface area contributed by atoms with E-state index in [1.54, 1.807) is 43.5 Å². The number of carbonyl (C=O) groups is 2. The molecule has 26 heavy (non-hydrogen) atoms. The molecule has 5 nitrogen and oxygen atoms in total. The number of methoxy groups -OCH3 is 1. The van der Waals surface area contributed by atoms with E-state index in [9.17, 15) is 9.59 Å². The number of carbonyl (C=O) groups excluding carboxylic acids is 2. The third-order valence-corrected chi connectivity index (χ3v) is 4.82. The van der Waals surface area contributed by atoms with Gasteiger partial charge in [0.1, 0.15) is 18.1 Å². The zero-order valence-electron chi connectivity index (χ0n) is 14.0. The highest BCUT2D eigenvalue weighted by Gasteiger charge is 2.34.